The molecule has 2 rings (SSSR count). The lowest BCUT2D eigenvalue weighted by Gasteiger charge is -2.15. The first-order valence-electron chi connectivity index (χ1n) is 6.46. The fraction of sp³-hybridized carbons (Fsp3) is 0.500. The smallest absolute Gasteiger partial charge is 0.345 e. The number of sulfonamides is 1. The van der Waals surface area contributed by atoms with Gasteiger partial charge in [-0.25, -0.2) is 17.9 Å². The molecule has 1 atom stereocenters. The maximum Gasteiger partial charge on any atom is 0.345 e. The molecule has 0 bridgehead atoms. The van der Waals surface area contributed by atoms with Crippen LogP contribution < -0.4 is 4.72 Å². The Morgan fingerprint density at radius 1 is 1.43 bits per heavy atom. The molecule has 1 fully saturated rings. The second-order valence-electron chi connectivity index (χ2n) is 4.67. The summed E-state index contributed by atoms with van der Waals surface area (Å²) < 4.78 is 26.3. The quantitative estimate of drug-likeness (QED) is 0.822. The summed E-state index contributed by atoms with van der Waals surface area (Å²) in [7, 11) is -3.40. The Labute approximate surface area is 126 Å². The van der Waals surface area contributed by atoms with E-state index in [0.29, 0.717) is 24.4 Å². The lowest BCUT2D eigenvalue weighted by Crippen LogP contribution is -2.37. The zero-order chi connectivity index (χ0) is 15.6. The minimum absolute atomic E-state index is 0.0920. The minimum Gasteiger partial charge on any atom is -0.477 e. The van der Waals surface area contributed by atoms with Crippen LogP contribution in [0.25, 0.3) is 0 Å². The molecule has 0 radical (unpaired) electrons. The number of amides is 1. The molecule has 2 N–H and O–H groups in total. The van der Waals surface area contributed by atoms with E-state index in [2.05, 4.69) is 4.72 Å². The SMILES string of the molecule is CCNS(=O)(=O)C1CCN(C(=O)c2ccc(C(=O)O)s2)C1. The number of hydrogen-bond acceptors (Lipinski definition) is 5. The summed E-state index contributed by atoms with van der Waals surface area (Å²) >= 11 is 0.899. The van der Waals surface area contributed by atoms with E-state index in [-0.39, 0.29) is 17.3 Å². The van der Waals surface area contributed by atoms with Crippen LogP contribution in [-0.4, -0.2) is 55.2 Å². The summed E-state index contributed by atoms with van der Waals surface area (Å²) in [4.78, 5) is 24.9. The molecule has 1 unspecified atom stereocenters. The van der Waals surface area contributed by atoms with E-state index in [9.17, 15) is 18.0 Å². The van der Waals surface area contributed by atoms with Crippen LogP contribution in [0.4, 0.5) is 0 Å². The van der Waals surface area contributed by atoms with E-state index in [1.54, 1.807) is 6.92 Å². The summed E-state index contributed by atoms with van der Waals surface area (Å²) in [5.41, 5.74) is 0. The van der Waals surface area contributed by atoms with Crippen LogP contribution in [0.3, 0.4) is 0 Å². The number of nitrogens with one attached hydrogen (secondary N) is 1. The molecule has 0 aromatic carbocycles. The summed E-state index contributed by atoms with van der Waals surface area (Å²) in [6.07, 6.45) is 0.387. The second kappa shape index (κ2) is 6.12. The van der Waals surface area contributed by atoms with Crippen molar-refractivity contribution < 1.29 is 23.1 Å². The van der Waals surface area contributed by atoms with Crippen molar-refractivity contribution in [2.75, 3.05) is 19.6 Å². The first-order chi connectivity index (χ1) is 9.85. The van der Waals surface area contributed by atoms with Crippen LogP contribution in [0.5, 0.6) is 0 Å². The van der Waals surface area contributed by atoms with Crippen molar-refractivity contribution in [1.29, 1.82) is 0 Å². The number of carboxylic acid groups (broad SMARTS) is 1. The molecule has 9 heteroatoms. The number of nitrogens with zero attached hydrogens (tertiary/aromatic N) is 1. The van der Waals surface area contributed by atoms with Gasteiger partial charge in [0.2, 0.25) is 10.0 Å². The number of carbonyl (C=O) groups excluding carboxylic acids is 1. The number of likely N-dealkylation sites (tertiary alicyclic amines) is 1. The van der Waals surface area contributed by atoms with Crippen molar-refractivity contribution in [1.82, 2.24) is 9.62 Å². The van der Waals surface area contributed by atoms with E-state index < -0.39 is 21.2 Å². The topological polar surface area (TPSA) is 104 Å². The number of hydrogen-bond donors (Lipinski definition) is 2. The number of carboxylic acids is 1. The van der Waals surface area contributed by atoms with Gasteiger partial charge in [0.05, 0.1) is 10.1 Å². The first-order valence-corrected chi connectivity index (χ1v) is 8.82. The number of thiophene rings is 1. The fourth-order valence-corrected chi connectivity index (χ4v) is 4.45. The third-order valence-electron chi connectivity index (χ3n) is 3.24. The van der Waals surface area contributed by atoms with E-state index in [4.69, 9.17) is 5.11 Å². The Balaban J connectivity index is 2.07. The van der Waals surface area contributed by atoms with Crippen molar-refractivity contribution in [3.05, 3.63) is 21.9 Å². The Hall–Kier alpha value is -1.45. The summed E-state index contributed by atoms with van der Waals surface area (Å²) in [6.45, 7) is 2.51. The third-order valence-corrected chi connectivity index (χ3v) is 6.26. The Bertz CT molecular complexity index is 652. The van der Waals surface area contributed by atoms with Crippen molar-refractivity contribution in [2.45, 2.75) is 18.6 Å². The predicted octanol–water partition coefficient (Wildman–Crippen LogP) is 0.600. The van der Waals surface area contributed by atoms with Gasteiger partial charge in [0.1, 0.15) is 4.88 Å². The standard InChI is InChI=1S/C12H16N2O5S2/c1-2-13-21(18,19)8-5-6-14(7-8)11(15)9-3-4-10(20-9)12(16)17/h3-4,8,13H,2,5-7H2,1H3,(H,16,17). The largest absolute Gasteiger partial charge is 0.477 e. The fourth-order valence-electron chi connectivity index (χ4n) is 2.21. The molecule has 116 valence electrons. The summed E-state index contributed by atoms with van der Waals surface area (Å²) in [6, 6.07) is 2.84. The highest BCUT2D eigenvalue weighted by molar-refractivity contribution is 7.90. The van der Waals surface area contributed by atoms with Gasteiger partial charge in [0, 0.05) is 19.6 Å². The number of aromatic carboxylic acids is 1. The maximum atomic E-state index is 12.2. The van der Waals surface area contributed by atoms with Crippen LogP contribution in [-0.2, 0) is 10.0 Å². The number of rotatable bonds is 5. The molecular formula is C12H16N2O5S2. The molecule has 0 aliphatic carbocycles. The van der Waals surface area contributed by atoms with Crippen molar-refractivity contribution in [3.63, 3.8) is 0 Å². The van der Waals surface area contributed by atoms with Gasteiger partial charge in [0.15, 0.2) is 0 Å². The molecule has 0 saturated carbocycles. The lowest BCUT2D eigenvalue weighted by atomic mass is 10.4. The molecule has 1 aromatic rings. The average molecular weight is 332 g/mol. The molecular weight excluding hydrogens is 316 g/mol. The van der Waals surface area contributed by atoms with Gasteiger partial charge >= 0.3 is 5.97 Å². The first kappa shape index (κ1) is 15.9. The van der Waals surface area contributed by atoms with Crippen LogP contribution in [0.1, 0.15) is 32.7 Å². The van der Waals surface area contributed by atoms with E-state index >= 15 is 0 Å². The van der Waals surface area contributed by atoms with Crippen molar-refractivity contribution in [2.24, 2.45) is 0 Å². The summed E-state index contributed by atoms with van der Waals surface area (Å²) in [5.74, 6) is -1.39. The van der Waals surface area contributed by atoms with E-state index in [1.807, 2.05) is 0 Å². The summed E-state index contributed by atoms with van der Waals surface area (Å²) in [5, 5.41) is 8.24. The normalized spacial score (nSPS) is 18.9. The average Bonchev–Trinajstić information content (AvgIpc) is 3.08. The molecule has 2 heterocycles. The van der Waals surface area contributed by atoms with E-state index in [0.717, 1.165) is 11.3 Å². The molecule has 1 aliphatic heterocycles. The van der Waals surface area contributed by atoms with Gasteiger partial charge in [-0.05, 0) is 18.6 Å². The van der Waals surface area contributed by atoms with Crippen molar-refractivity contribution >= 4 is 33.2 Å². The highest BCUT2D eigenvalue weighted by atomic mass is 32.2. The van der Waals surface area contributed by atoms with Gasteiger partial charge in [0.25, 0.3) is 5.91 Å². The van der Waals surface area contributed by atoms with Gasteiger partial charge < -0.3 is 10.0 Å². The molecule has 1 saturated heterocycles. The number of carbonyl (C=O) groups is 2. The Morgan fingerprint density at radius 3 is 2.67 bits per heavy atom. The van der Waals surface area contributed by atoms with Crippen LogP contribution >= 0.6 is 11.3 Å². The highest BCUT2D eigenvalue weighted by Crippen LogP contribution is 2.23. The zero-order valence-electron chi connectivity index (χ0n) is 11.4. The van der Waals surface area contributed by atoms with Crippen molar-refractivity contribution in [3.8, 4) is 0 Å². The monoisotopic (exact) mass is 332 g/mol. The molecule has 1 aromatic heterocycles. The van der Waals surface area contributed by atoms with Gasteiger partial charge in [-0.15, -0.1) is 11.3 Å². The Kier molecular flexibility index (Phi) is 4.64. The van der Waals surface area contributed by atoms with Crippen LogP contribution in [0, 0.1) is 0 Å². The molecule has 7 nitrogen and oxygen atoms in total. The van der Waals surface area contributed by atoms with Gasteiger partial charge in [-0.3, -0.25) is 4.79 Å². The van der Waals surface area contributed by atoms with E-state index in [1.165, 1.54) is 17.0 Å². The molecule has 1 amide bonds. The molecule has 21 heavy (non-hydrogen) atoms. The van der Waals surface area contributed by atoms with Crippen LogP contribution in [0.15, 0.2) is 12.1 Å². The maximum absolute atomic E-state index is 12.2. The van der Waals surface area contributed by atoms with Gasteiger partial charge in [-0.2, -0.15) is 0 Å². The van der Waals surface area contributed by atoms with Crippen LogP contribution in [0.2, 0.25) is 0 Å². The second-order valence-corrected chi connectivity index (χ2v) is 7.80. The third kappa shape index (κ3) is 3.42. The predicted molar refractivity (Wildman–Crippen MR) is 78.2 cm³/mol. The molecule has 1 aliphatic rings. The highest BCUT2D eigenvalue weighted by Gasteiger charge is 2.35. The van der Waals surface area contributed by atoms with Gasteiger partial charge in [-0.1, -0.05) is 6.92 Å². The molecule has 0 spiro atoms. The minimum atomic E-state index is -3.40. The Morgan fingerprint density at radius 2 is 2.10 bits per heavy atom. The zero-order valence-corrected chi connectivity index (χ0v) is 13.0. The lowest BCUT2D eigenvalue weighted by molar-refractivity contribution is 0.0701.